The van der Waals surface area contributed by atoms with Crippen molar-refractivity contribution < 1.29 is 108 Å². The van der Waals surface area contributed by atoms with Crippen molar-refractivity contribution in [2.24, 2.45) is 0 Å². The van der Waals surface area contributed by atoms with E-state index in [0.29, 0.717) is 12.4 Å². The number of benzene rings is 1. The molecule has 420 valence electrons. The van der Waals surface area contributed by atoms with Gasteiger partial charge in [-0.15, -0.1) is 0 Å². The molecule has 4 amide bonds. The summed E-state index contributed by atoms with van der Waals surface area (Å²) in [6.45, 7) is 2.23. The van der Waals surface area contributed by atoms with Crippen LogP contribution >= 0.6 is 0 Å². The lowest BCUT2D eigenvalue weighted by Gasteiger charge is -2.51. The van der Waals surface area contributed by atoms with E-state index in [-0.39, 0.29) is 5.56 Å². The zero-order chi connectivity index (χ0) is 54.2. The molecule has 1 aromatic rings. The molecule has 0 saturated carbocycles. The highest BCUT2D eigenvalue weighted by Gasteiger charge is 2.56. The lowest BCUT2D eigenvalue weighted by atomic mass is 9.93. The molecule has 0 bridgehead atoms. The van der Waals surface area contributed by atoms with E-state index in [1.807, 2.05) is 0 Å². The Hall–Kier alpha value is -4.04. The Morgan fingerprint density at radius 1 is 0.541 bits per heavy atom. The molecule has 4 heterocycles. The Morgan fingerprint density at radius 3 is 1.47 bits per heavy atom. The number of aliphatic hydroxyl groups is 10. The number of nitrogens with one attached hydrogen (secondary N) is 4. The monoisotopic (exact) mass is 1060 g/mol. The zero-order valence-electron chi connectivity index (χ0n) is 41.9. The fraction of sp³-hybridized carbons (Fsp3) is 0.750. The molecule has 0 aromatic heterocycles. The summed E-state index contributed by atoms with van der Waals surface area (Å²) >= 11 is 0. The van der Waals surface area contributed by atoms with Crippen LogP contribution in [0.2, 0.25) is 0 Å². The number of hydrogen-bond donors (Lipinski definition) is 14. The van der Waals surface area contributed by atoms with Crippen molar-refractivity contribution in [2.75, 3.05) is 33.0 Å². The Kier molecular flexibility index (Phi) is 24.2. The summed E-state index contributed by atoms with van der Waals surface area (Å²) in [4.78, 5) is 50.9. The second-order valence-corrected chi connectivity index (χ2v) is 18.7. The third kappa shape index (κ3) is 16.0. The highest BCUT2D eigenvalue weighted by Crippen LogP contribution is 2.35. The number of rotatable bonds is 25. The van der Waals surface area contributed by atoms with Crippen molar-refractivity contribution in [3.63, 3.8) is 0 Å². The van der Waals surface area contributed by atoms with Gasteiger partial charge in [0.15, 0.2) is 25.2 Å². The quantitative estimate of drug-likeness (QED) is 0.0326. The lowest BCUT2D eigenvalue weighted by Crippen LogP contribution is -2.71. The van der Waals surface area contributed by atoms with Crippen LogP contribution in [0.1, 0.15) is 83.0 Å². The minimum Gasteiger partial charge on any atom is -0.494 e. The van der Waals surface area contributed by atoms with Gasteiger partial charge >= 0.3 is 0 Å². The number of hydrogen-bond acceptors (Lipinski definition) is 22. The van der Waals surface area contributed by atoms with Crippen LogP contribution < -0.4 is 26.0 Å². The first-order chi connectivity index (χ1) is 35.4. The van der Waals surface area contributed by atoms with Crippen LogP contribution in [-0.4, -0.2) is 230 Å². The van der Waals surface area contributed by atoms with Crippen molar-refractivity contribution >= 4 is 23.6 Å². The van der Waals surface area contributed by atoms with Crippen molar-refractivity contribution in [1.29, 1.82) is 0 Å². The number of ether oxygens (including phenoxy) is 8. The predicted molar refractivity (Wildman–Crippen MR) is 253 cm³/mol. The first-order valence-corrected chi connectivity index (χ1v) is 25.0. The van der Waals surface area contributed by atoms with Gasteiger partial charge in [0.2, 0.25) is 17.7 Å². The number of aliphatic hydroxyl groups excluding tert-OH is 10. The van der Waals surface area contributed by atoms with Crippen molar-refractivity contribution in [3.05, 3.63) is 42.0 Å². The molecule has 0 radical (unpaired) electrons. The van der Waals surface area contributed by atoms with E-state index in [0.717, 1.165) is 46.5 Å². The van der Waals surface area contributed by atoms with Gasteiger partial charge in [0.1, 0.15) is 103 Å². The van der Waals surface area contributed by atoms with Crippen LogP contribution in [0.25, 0.3) is 0 Å². The summed E-state index contributed by atoms with van der Waals surface area (Å²) < 4.78 is 47.4. The van der Waals surface area contributed by atoms with Gasteiger partial charge in [-0.1, -0.05) is 44.4 Å². The molecule has 26 nitrogen and oxygen atoms in total. The van der Waals surface area contributed by atoms with E-state index in [4.69, 9.17) is 37.9 Å². The average Bonchev–Trinajstić information content (AvgIpc) is 3.36. The molecular formula is C48H76N4O22. The number of unbranched alkanes of at least 4 members (excludes halogenated alkanes) is 5. The average molecular weight is 1060 g/mol. The lowest BCUT2D eigenvalue weighted by molar-refractivity contribution is -0.361. The van der Waals surface area contributed by atoms with Gasteiger partial charge < -0.3 is 110 Å². The third-order valence-corrected chi connectivity index (χ3v) is 13.0. The van der Waals surface area contributed by atoms with Crippen LogP contribution in [0.5, 0.6) is 5.75 Å². The summed E-state index contributed by atoms with van der Waals surface area (Å²) in [5, 5.41) is 119. The van der Waals surface area contributed by atoms with Gasteiger partial charge in [-0.3, -0.25) is 19.2 Å². The molecule has 26 heteroatoms. The highest BCUT2D eigenvalue weighted by atomic mass is 16.8. The van der Waals surface area contributed by atoms with Crippen LogP contribution in [0.15, 0.2) is 36.4 Å². The van der Waals surface area contributed by atoms with E-state index >= 15 is 0 Å². The van der Waals surface area contributed by atoms with Crippen LogP contribution in [0.4, 0.5) is 0 Å². The molecule has 20 atom stereocenters. The number of carbonyl (C=O) groups is 4. The first kappa shape index (κ1) is 60.8. The van der Waals surface area contributed by atoms with Gasteiger partial charge in [-0.25, -0.2) is 0 Å². The number of carbonyl (C=O) groups excluding carboxylic acids is 4. The van der Waals surface area contributed by atoms with Crippen molar-refractivity contribution in [3.8, 4) is 5.75 Å². The fourth-order valence-electron chi connectivity index (χ4n) is 9.21. The fourth-order valence-corrected chi connectivity index (χ4v) is 9.21. The molecule has 4 aliphatic rings. The van der Waals surface area contributed by atoms with Crippen LogP contribution in [0, 0.1) is 0 Å². The maximum atomic E-state index is 13.8. The summed E-state index contributed by atoms with van der Waals surface area (Å²) in [5.41, 5.74) is 0.0817. The van der Waals surface area contributed by atoms with Gasteiger partial charge in [-0.05, 0) is 43.9 Å². The zero-order valence-corrected chi connectivity index (χ0v) is 41.9. The molecule has 0 spiro atoms. The molecule has 18 unspecified atom stereocenters. The second kappa shape index (κ2) is 29.5. The molecule has 4 saturated heterocycles. The molecular weight excluding hydrogens is 985 g/mol. The summed E-state index contributed by atoms with van der Waals surface area (Å²) in [7, 11) is 0. The van der Waals surface area contributed by atoms with E-state index in [1.54, 1.807) is 12.1 Å². The topological polar surface area (TPSA) is 393 Å². The molecule has 74 heavy (non-hydrogen) atoms. The molecule has 5 rings (SSSR count). The normalized spacial score (nSPS) is 36.5. The Balaban J connectivity index is 1.32. The first-order valence-electron chi connectivity index (χ1n) is 25.0. The largest absolute Gasteiger partial charge is 0.494 e. The SMILES string of the molecule is CCCCCC/C=C\CCCOc1cccc(C(=O)N[C@@H]2C(OC3C(CO)OC(OC4C(CO)OC(OC5C(CO)OC(O)C(NC(C)=O)C5O)C(NC(C)=O)C4O)[C@@H](NC(C)=O)C3O)OC(CO)C(O)C2O)c1. The smallest absolute Gasteiger partial charge is 0.251 e. The molecule has 4 aliphatic heterocycles. The summed E-state index contributed by atoms with van der Waals surface area (Å²) in [6, 6.07) is -0.191. The van der Waals surface area contributed by atoms with Gasteiger partial charge in [0.05, 0.1) is 33.0 Å². The predicted octanol–water partition coefficient (Wildman–Crippen LogP) is -4.19. The number of allylic oxidation sites excluding steroid dienone is 2. The van der Waals surface area contributed by atoms with Gasteiger partial charge in [0.25, 0.3) is 5.91 Å². The summed E-state index contributed by atoms with van der Waals surface area (Å²) in [6.07, 6.45) is -16.1. The van der Waals surface area contributed by atoms with Crippen molar-refractivity contribution in [1.82, 2.24) is 21.3 Å². The highest BCUT2D eigenvalue weighted by molar-refractivity contribution is 5.94. The maximum Gasteiger partial charge on any atom is 0.251 e. The Morgan fingerprint density at radius 2 is 0.986 bits per heavy atom. The van der Waals surface area contributed by atoms with E-state index < -0.39 is 173 Å². The summed E-state index contributed by atoms with van der Waals surface area (Å²) in [5.74, 6) is -2.58. The Bertz CT molecular complexity index is 1960. The molecule has 0 aliphatic carbocycles. The molecule has 14 N–H and O–H groups in total. The maximum absolute atomic E-state index is 13.8. The second-order valence-electron chi connectivity index (χ2n) is 18.7. The van der Waals surface area contributed by atoms with Gasteiger partial charge in [-0.2, -0.15) is 0 Å². The van der Waals surface area contributed by atoms with E-state index in [9.17, 15) is 70.2 Å². The minimum absolute atomic E-state index is 0.0817. The Labute approximate surface area is 428 Å². The number of amides is 4. The standard InChI is InChI=1S/C48H76N4O22/c1-5-6-7-8-9-10-11-12-13-17-67-27-16-14-15-26(18-27)44(65)52-33-37(61)36(60)28(19-53)69-46(33)73-42-30(21-55)71-48(35(39(42)63)51-25(4)59)74-43-31(22-56)70-47(34(40(43)64)50-24(3)58)72-41-29(20-54)68-45(66)32(38(41)62)49-23(2)57/h10-11,14-16,18,28-43,45-48,53-56,60-64,66H,5-9,12-13,17,19-22H2,1-4H3,(H,49,57)(H,50,58)(H,51,59)(H,52,65)/b11-10-/t28?,29?,30?,31?,32?,33-,34?,35-,36?,37?,38?,39?,40?,41?,42?,43?,45?,46?,47?,48?/m0/s1. The van der Waals surface area contributed by atoms with Crippen LogP contribution in [0.3, 0.4) is 0 Å². The minimum atomic E-state index is -1.94. The molecule has 4 fully saturated rings. The molecule has 1 aromatic carbocycles. The van der Waals surface area contributed by atoms with E-state index in [2.05, 4.69) is 40.3 Å². The van der Waals surface area contributed by atoms with Crippen molar-refractivity contribution in [2.45, 2.75) is 195 Å². The third-order valence-electron chi connectivity index (χ3n) is 13.0. The van der Waals surface area contributed by atoms with E-state index in [1.165, 1.54) is 31.4 Å². The van der Waals surface area contributed by atoms with Crippen LogP contribution in [-0.2, 0) is 47.5 Å². The van der Waals surface area contributed by atoms with Gasteiger partial charge in [0, 0.05) is 26.3 Å².